The van der Waals surface area contributed by atoms with Crippen LogP contribution in [0.1, 0.15) is 47.0 Å². The molecule has 0 spiro atoms. The Morgan fingerprint density at radius 1 is 1.24 bits per heavy atom. The minimum absolute atomic E-state index is 0.0276. The van der Waals surface area contributed by atoms with Gasteiger partial charge in [-0.1, -0.05) is 37.9 Å². The molecule has 1 aliphatic carbocycles. The van der Waals surface area contributed by atoms with Gasteiger partial charge in [0.1, 0.15) is 11.6 Å². The van der Waals surface area contributed by atoms with E-state index in [0.717, 1.165) is 23.1 Å². The van der Waals surface area contributed by atoms with E-state index in [4.69, 9.17) is 11.6 Å². The zero-order chi connectivity index (χ0) is 21.8. The SMILES string of the molecule is CC(=O)CNC(C)=O.CCC(C)C1CC1.Fc1ccc(-c2ccccn2)cc1Cl. The first kappa shape index (κ1) is 24.8. The Kier molecular flexibility index (Phi) is 11.1. The number of carbonyl (C=O) groups excluding carboxylic acids is 2. The molecule has 0 bridgehead atoms. The molecule has 1 N–H and O–H groups in total. The molecule has 1 amide bonds. The quantitative estimate of drug-likeness (QED) is 0.675. The number of ketones is 1. The minimum Gasteiger partial charge on any atom is -0.349 e. The van der Waals surface area contributed by atoms with Gasteiger partial charge in [-0.2, -0.15) is 0 Å². The Morgan fingerprint density at radius 2 is 1.93 bits per heavy atom. The van der Waals surface area contributed by atoms with Gasteiger partial charge in [0.25, 0.3) is 0 Å². The summed E-state index contributed by atoms with van der Waals surface area (Å²) in [7, 11) is 0. The van der Waals surface area contributed by atoms with E-state index in [1.807, 2.05) is 18.2 Å². The second-order valence-electron chi connectivity index (χ2n) is 7.18. The van der Waals surface area contributed by atoms with Gasteiger partial charge in [-0.15, -0.1) is 0 Å². The Labute approximate surface area is 177 Å². The second kappa shape index (κ2) is 13.0. The van der Waals surface area contributed by atoms with E-state index in [0.29, 0.717) is 0 Å². The molecular weight excluding hydrogens is 391 g/mol. The van der Waals surface area contributed by atoms with Gasteiger partial charge in [0.15, 0.2) is 0 Å². The van der Waals surface area contributed by atoms with Crippen LogP contribution >= 0.6 is 11.6 Å². The van der Waals surface area contributed by atoms with Gasteiger partial charge >= 0.3 is 0 Å². The number of nitrogens with one attached hydrogen (secondary N) is 1. The highest BCUT2D eigenvalue weighted by Gasteiger charge is 2.25. The monoisotopic (exact) mass is 420 g/mol. The van der Waals surface area contributed by atoms with Crippen molar-refractivity contribution in [2.24, 2.45) is 11.8 Å². The summed E-state index contributed by atoms with van der Waals surface area (Å²) in [4.78, 5) is 24.4. The van der Waals surface area contributed by atoms with Crippen molar-refractivity contribution in [1.82, 2.24) is 10.3 Å². The topological polar surface area (TPSA) is 59.1 Å². The molecule has 3 rings (SSSR count). The molecule has 1 fully saturated rings. The average Bonchev–Trinajstić information content (AvgIpc) is 3.55. The number of rotatable bonds is 5. The molecular formula is C23H30ClFN2O2. The summed E-state index contributed by atoms with van der Waals surface area (Å²) in [5.41, 5.74) is 1.60. The van der Waals surface area contributed by atoms with Crippen LogP contribution in [0.3, 0.4) is 0 Å². The molecule has 1 unspecified atom stereocenters. The lowest BCUT2D eigenvalue weighted by molar-refractivity contribution is -0.123. The molecule has 6 heteroatoms. The molecule has 0 aliphatic heterocycles. The van der Waals surface area contributed by atoms with Crippen molar-refractivity contribution >= 4 is 23.3 Å². The van der Waals surface area contributed by atoms with Crippen LogP contribution in [0.4, 0.5) is 4.39 Å². The van der Waals surface area contributed by atoms with Crippen molar-refractivity contribution in [3.63, 3.8) is 0 Å². The summed E-state index contributed by atoms with van der Waals surface area (Å²) in [6, 6.07) is 10.1. The molecule has 1 aromatic heterocycles. The predicted octanol–water partition coefficient (Wildman–Crippen LogP) is 5.70. The fraction of sp³-hybridized carbons (Fsp3) is 0.435. The predicted molar refractivity (Wildman–Crippen MR) is 116 cm³/mol. The van der Waals surface area contributed by atoms with E-state index in [2.05, 4.69) is 24.1 Å². The third-order valence-electron chi connectivity index (χ3n) is 4.54. The number of halogens is 2. The van der Waals surface area contributed by atoms with E-state index in [1.165, 1.54) is 39.2 Å². The van der Waals surface area contributed by atoms with Crippen LogP contribution in [-0.2, 0) is 9.59 Å². The molecule has 29 heavy (non-hydrogen) atoms. The van der Waals surface area contributed by atoms with Gasteiger partial charge in [-0.25, -0.2) is 4.39 Å². The Balaban J connectivity index is 0.000000239. The molecule has 1 aromatic carbocycles. The number of carbonyl (C=O) groups is 2. The van der Waals surface area contributed by atoms with Crippen molar-refractivity contribution in [3.05, 3.63) is 53.4 Å². The summed E-state index contributed by atoms with van der Waals surface area (Å²) in [5.74, 6) is 1.52. The fourth-order valence-electron chi connectivity index (χ4n) is 2.44. The van der Waals surface area contributed by atoms with Crippen molar-refractivity contribution in [3.8, 4) is 11.3 Å². The van der Waals surface area contributed by atoms with Gasteiger partial charge in [0.05, 0.1) is 17.3 Å². The van der Waals surface area contributed by atoms with Crippen molar-refractivity contribution < 1.29 is 14.0 Å². The number of benzene rings is 1. The van der Waals surface area contributed by atoms with Crippen LogP contribution in [0.5, 0.6) is 0 Å². The highest BCUT2D eigenvalue weighted by molar-refractivity contribution is 6.31. The maximum Gasteiger partial charge on any atom is 0.217 e. The first-order chi connectivity index (χ1) is 13.7. The Morgan fingerprint density at radius 3 is 2.31 bits per heavy atom. The first-order valence-electron chi connectivity index (χ1n) is 9.84. The second-order valence-corrected chi connectivity index (χ2v) is 7.59. The summed E-state index contributed by atoms with van der Waals surface area (Å²) < 4.78 is 12.9. The van der Waals surface area contributed by atoms with Crippen LogP contribution < -0.4 is 5.32 Å². The van der Waals surface area contributed by atoms with Gasteiger partial charge < -0.3 is 5.32 Å². The zero-order valence-corrected chi connectivity index (χ0v) is 18.3. The van der Waals surface area contributed by atoms with E-state index in [1.54, 1.807) is 18.3 Å². The summed E-state index contributed by atoms with van der Waals surface area (Å²) in [6.07, 6.45) is 6.08. The third kappa shape index (κ3) is 10.7. The number of nitrogens with zero attached hydrogens (tertiary/aromatic N) is 1. The molecule has 1 aliphatic rings. The maximum atomic E-state index is 12.9. The fourth-order valence-corrected chi connectivity index (χ4v) is 2.62. The molecule has 4 nitrogen and oxygen atoms in total. The van der Waals surface area contributed by atoms with Crippen LogP contribution in [-0.4, -0.2) is 23.2 Å². The van der Waals surface area contributed by atoms with E-state index < -0.39 is 5.82 Å². The normalized spacial score (nSPS) is 13.2. The number of aromatic nitrogens is 1. The van der Waals surface area contributed by atoms with Crippen LogP contribution in [0.25, 0.3) is 11.3 Å². The van der Waals surface area contributed by atoms with E-state index >= 15 is 0 Å². The smallest absolute Gasteiger partial charge is 0.217 e. The highest BCUT2D eigenvalue weighted by Crippen LogP contribution is 2.37. The maximum absolute atomic E-state index is 12.9. The van der Waals surface area contributed by atoms with Crippen molar-refractivity contribution in [1.29, 1.82) is 0 Å². The van der Waals surface area contributed by atoms with Gasteiger partial charge in [-0.3, -0.25) is 14.6 Å². The van der Waals surface area contributed by atoms with Crippen molar-refractivity contribution in [2.45, 2.75) is 47.0 Å². The largest absolute Gasteiger partial charge is 0.349 e. The molecule has 2 aromatic rings. The van der Waals surface area contributed by atoms with Crippen molar-refractivity contribution in [2.75, 3.05) is 6.54 Å². The molecule has 158 valence electrons. The molecule has 1 atom stereocenters. The Bertz CT molecular complexity index is 766. The zero-order valence-electron chi connectivity index (χ0n) is 17.5. The Hall–Kier alpha value is -2.27. The lowest BCUT2D eigenvalue weighted by Crippen LogP contribution is -2.25. The number of hydrogen-bond donors (Lipinski definition) is 1. The van der Waals surface area contributed by atoms with Crippen LogP contribution in [0.15, 0.2) is 42.6 Å². The lowest BCUT2D eigenvalue weighted by atomic mass is 10.0. The summed E-state index contributed by atoms with van der Waals surface area (Å²) in [6.45, 7) is 7.59. The van der Waals surface area contributed by atoms with E-state index in [9.17, 15) is 14.0 Å². The van der Waals surface area contributed by atoms with Gasteiger partial charge in [0.2, 0.25) is 5.91 Å². The number of Topliss-reactive ketones (excluding diaryl/α,β-unsaturated/α-hetero) is 1. The molecule has 0 saturated heterocycles. The van der Waals surface area contributed by atoms with Crippen LogP contribution in [0, 0.1) is 17.7 Å². The van der Waals surface area contributed by atoms with Gasteiger partial charge in [0, 0.05) is 18.7 Å². The summed E-state index contributed by atoms with van der Waals surface area (Å²) >= 11 is 5.66. The average molecular weight is 421 g/mol. The molecule has 1 heterocycles. The van der Waals surface area contributed by atoms with Gasteiger partial charge in [-0.05, 0) is 61.9 Å². The number of pyridine rings is 1. The highest BCUT2D eigenvalue weighted by atomic mass is 35.5. The molecule has 1 saturated carbocycles. The molecule has 0 radical (unpaired) electrons. The summed E-state index contributed by atoms with van der Waals surface area (Å²) in [5, 5.41) is 2.48. The standard InChI is InChI=1S/C11H7ClFN.C7H14.C5H9NO2/c12-9-7-8(4-5-10(9)13)11-3-1-2-6-14-11;1-3-6(2)7-4-5-7;1-4(7)3-6-5(2)8/h1-7H;6-7H,3-5H2,1-2H3;3H2,1-2H3,(H,6,8). The van der Waals surface area contributed by atoms with Crippen LogP contribution in [0.2, 0.25) is 5.02 Å². The third-order valence-corrected chi connectivity index (χ3v) is 4.83. The first-order valence-corrected chi connectivity index (χ1v) is 10.2. The minimum atomic E-state index is -0.411. The van der Waals surface area contributed by atoms with E-state index in [-0.39, 0.29) is 23.3 Å². The number of hydrogen-bond acceptors (Lipinski definition) is 3. The lowest BCUT2D eigenvalue weighted by Gasteiger charge is -2.01. The number of amides is 1.